The summed E-state index contributed by atoms with van der Waals surface area (Å²) in [6, 6.07) is 8.74. The van der Waals surface area contributed by atoms with Crippen molar-refractivity contribution in [3.63, 3.8) is 0 Å². The number of aromatic hydroxyl groups is 1. The number of hydrogen-bond donors (Lipinski definition) is 3. The maximum atomic E-state index is 13.0. The van der Waals surface area contributed by atoms with Crippen molar-refractivity contribution in [1.82, 2.24) is 5.32 Å². The summed E-state index contributed by atoms with van der Waals surface area (Å²) < 4.78 is 29.8. The number of phenolic OH excluding ortho intramolecular Hbond substituents is 1. The van der Waals surface area contributed by atoms with Crippen LogP contribution in [0.5, 0.6) is 5.75 Å². The molecule has 0 fully saturated rings. The van der Waals surface area contributed by atoms with E-state index in [1.54, 1.807) is 37.3 Å². The molecule has 0 saturated carbocycles. The Morgan fingerprint density at radius 3 is 2.38 bits per heavy atom. The van der Waals surface area contributed by atoms with Gasteiger partial charge in [-0.05, 0) is 68.7 Å². The minimum atomic E-state index is -3.57. The molecule has 2 rings (SSSR count). The molecule has 0 saturated heterocycles. The van der Waals surface area contributed by atoms with Crippen molar-refractivity contribution < 1.29 is 32.7 Å². The molecule has 0 aromatic heterocycles. The third-order valence-corrected chi connectivity index (χ3v) is 9.32. The summed E-state index contributed by atoms with van der Waals surface area (Å²) in [6.07, 6.45) is 5.97. The number of hydrogen-bond acceptors (Lipinski definition) is 6. The first-order valence-electron chi connectivity index (χ1n) is 12.2. The second-order valence-electron chi connectivity index (χ2n) is 8.86. The fourth-order valence-corrected chi connectivity index (χ4v) is 7.04. The van der Waals surface area contributed by atoms with Gasteiger partial charge in [-0.15, -0.1) is 0 Å². The third-order valence-electron chi connectivity index (χ3n) is 5.56. The monoisotopic (exact) mass is 627 g/mol. The summed E-state index contributed by atoms with van der Waals surface area (Å²) in [7, 11) is -4.59. The van der Waals surface area contributed by atoms with Crippen LogP contribution in [0.15, 0.2) is 71.7 Å². The van der Waals surface area contributed by atoms with E-state index in [4.69, 9.17) is 27.7 Å². The Morgan fingerprint density at radius 2 is 1.85 bits per heavy atom. The molecule has 1 amide bonds. The highest BCUT2D eigenvalue weighted by Crippen LogP contribution is 2.38. The van der Waals surface area contributed by atoms with E-state index in [0.29, 0.717) is 24.8 Å². The number of carboxylic acid groups (broad SMARTS) is 1. The van der Waals surface area contributed by atoms with Gasteiger partial charge in [0.15, 0.2) is 9.84 Å². The van der Waals surface area contributed by atoms with Crippen LogP contribution < -0.4 is 10.6 Å². The first-order valence-corrected chi connectivity index (χ1v) is 16.3. The van der Waals surface area contributed by atoms with Crippen molar-refractivity contribution in [2.24, 2.45) is 0 Å². The summed E-state index contributed by atoms with van der Waals surface area (Å²) in [5.41, 5.74) is 1.11. The number of sulfone groups is 1. The molecule has 0 heterocycles. The van der Waals surface area contributed by atoms with E-state index in [-0.39, 0.29) is 32.7 Å². The Morgan fingerprint density at radius 1 is 1.20 bits per heavy atom. The molecule has 2 atom stereocenters. The lowest BCUT2D eigenvalue weighted by atomic mass is 10.1. The first kappa shape index (κ1) is 33.5. The zero-order valence-corrected chi connectivity index (χ0v) is 25.6. The number of halogens is 2. The van der Waals surface area contributed by atoms with Gasteiger partial charge in [0, 0.05) is 24.3 Å². The number of carboxylic acids is 1. The molecule has 0 aliphatic carbocycles. The van der Waals surface area contributed by atoms with E-state index in [1.165, 1.54) is 18.2 Å². The second-order valence-corrected chi connectivity index (χ2v) is 13.7. The number of carbonyl (C=O) groups is 2. The van der Waals surface area contributed by atoms with E-state index in [1.807, 2.05) is 13.0 Å². The van der Waals surface area contributed by atoms with Crippen LogP contribution in [0.4, 0.5) is 0 Å². The number of allylic oxidation sites excluding steroid dienone is 3. The molecule has 0 aliphatic rings. The Labute approximate surface area is 246 Å². The van der Waals surface area contributed by atoms with E-state index in [2.05, 4.69) is 11.9 Å². The molecule has 216 valence electrons. The van der Waals surface area contributed by atoms with Crippen LogP contribution in [-0.2, 0) is 25.6 Å². The molecule has 0 spiro atoms. The van der Waals surface area contributed by atoms with Gasteiger partial charge in [0.1, 0.15) is 11.8 Å². The number of phenols is 1. The lowest BCUT2D eigenvalue weighted by Crippen LogP contribution is -2.41. The molecule has 0 radical (unpaired) electrons. The summed E-state index contributed by atoms with van der Waals surface area (Å²) in [6.45, 7) is 7.45. The molecule has 8 nitrogen and oxygen atoms in total. The highest BCUT2D eigenvalue weighted by molar-refractivity contribution is 7.94. The van der Waals surface area contributed by atoms with E-state index < -0.39 is 35.9 Å². The predicted molar refractivity (Wildman–Crippen MR) is 162 cm³/mol. The second kappa shape index (κ2) is 15.4. The van der Waals surface area contributed by atoms with Crippen molar-refractivity contribution in [3.8, 4) is 5.75 Å². The highest BCUT2D eigenvalue weighted by Gasteiger charge is 2.25. The minimum absolute atomic E-state index is 0.0331. The summed E-state index contributed by atoms with van der Waals surface area (Å²) in [5.74, 6) is -1.93. The van der Waals surface area contributed by atoms with Gasteiger partial charge in [0.05, 0.1) is 28.7 Å². The lowest BCUT2D eigenvalue weighted by molar-refractivity contribution is -0.139. The third kappa shape index (κ3) is 10.1. The zero-order valence-electron chi connectivity index (χ0n) is 22.4. The minimum Gasteiger partial charge on any atom is -0.508 e. The van der Waals surface area contributed by atoms with Crippen LogP contribution >= 0.6 is 31.4 Å². The molecule has 2 aromatic carbocycles. The van der Waals surface area contributed by atoms with Gasteiger partial charge in [0.25, 0.3) is 5.91 Å². The van der Waals surface area contributed by atoms with Gasteiger partial charge in [-0.2, -0.15) is 0 Å². The quantitative estimate of drug-likeness (QED) is 0.183. The molecule has 2 unspecified atom stereocenters. The number of nitrogens with one attached hydrogen (secondary N) is 1. The summed E-state index contributed by atoms with van der Waals surface area (Å²) >= 11 is 12.8. The van der Waals surface area contributed by atoms with Crippen LogP contribution in [0.1, 0.15) is 36.2 Å². The maximum Gasteiger partial charge on any atom is 0.326 e. The van der Waals surface area contributed by atoms with Crippen LogP contribution in [0.25, 0.3) is 0 Å². The number of amides is 1. The largest absolute Gasteiger partial charge is 0.508 e. The van der Waals surface area contributed by atoms with E-state index in [0.717, 1.165) is 17.1 Å². The van der Waals surface area contributed by atoms with E-state index >= 15 is 0 Å². The Balaban J connectivity index is 2.20. The zero-order chi connectivity index (χ0) is 30.0. The Kier molecular flexibility index (Phi) is 12.9. The Hall–Kier alpha value is -2.68. The fourth-order valence-electron chi connectivity index (χ4n) is 3.74. The topological polar surface area (TPSA) is 130 Å². The van der Waals surface area contributed by atoms with Gasteiger partial charge in [-0.25, -0.2) is 13.2 Å². The van der Waals surface area contributed by atoms with Gasteiger partial charge >= 0.3 is 5.97 Å². The SMILES string of the molecule is C=C/C=C(\C=C(/C)CC(NC(=O)c1c(Cl)cc(CCP(OCC)c2cccc(O)c2)cc1Cl)C(=O)O)S(C)(=O)=O. The molecule has 12 heteroatoms. The van der Waals surface area contributed by atoms with Crippen LogP contribution in [0.3, 0.4) is 0 Å². The molecular formula is C28H32Cl2NO7PS. The predicted octanol–water partition coefficient (Wildman–Crippen LogP) is 5.63. The molecule has 40 heavy (non-hydrogen) atoms. The Bertz CT molecular complexity index is 1400. The smallest absolute Gasteiger partial charge is 0.326 e. The number of benzene rings is 2. The fraction of sp³-hybridized carbons (Fsp3) is 0.286. The van der Waals surface area contributed by atoms with Gasteiger partial charge in [0.2, 0.25) is 0 Å². The number of rotatable bonds is 14. The van der Waals surface area contributed by atoms with Crippen LogP contribution in [0, 0.1) is 0 Å². The van der Waals surface area contributed by atoms with Crippen LogP contribution in [-0.4, -0.2) is 55.6 Å². The number of aryl methyl sites for hydroxylation is 1. The molecule has 3 N–H and O–H groups in total. The number of carbonyl (C=O) groups excluding carboxylic acids is 1. The molecule has 2 aromatic rings. The average molecular weight is 629 g/mol. The van der Waals surface area contributed by atoms with Gasteiger partial charge in [-0.1, -0.05) is 53.6 Å². The normalized spacial score (nSPS) is 13.9. The average Bonchev–Trinajstić information content (AvgIpc) is 2.84. The number of aliphatic carboxylic acids is 1. The van der Waals surface area contributed by atoms with Crippen molar-refractivity contribution in [1.29, 1.82) is 0 Å². The van der Waals surface area contributed by atoms with Crippen molar-refractivity contribution >= 4 is 58.4 Å². The highest BCUT2D eigenvalue weighted by atomic mass is 35.5. The maximum absolute atomic E-state index is 13.0. The lowest BCUT2D eigenvalue weighted by Gasteiger charge is -2.19. The molecular weight excluding hydrogens is 596 g/mol. The van der Waals surface area contributed by atoms with Crippen molar-refractivity contribution in [2.75, 3.05) is 19.0 Å². The van der Waals surface area contributed by atoms with Gasteiger partial charge in [-0.3, -0.25) is 4.79 Å². The van der Waals surface area contributed by atoms with E-state index in [9.17, 15) is 28.2 Å². The molecule has 0 aliphatic heterocycles. The van der Waals surface area contributed by atoms with Crippen molar-refractivity contribution in [3.05, 3.63) is 92.9 Å². The van der Waals surface area contributed by atoms with Crippen LogP contribution in [0.2, 0.25) is 10.0 Å². The molecule has 0 bridgehead atoms. The van der Waals surface area contributed by atoms with Gasteiger partial charge < -0.3 is 20.1 Å². The first-order chi connectivity index (χ1) is 18.8. The standard InChI is InChI=1S/C28H32Cl2NO7PS/c1-5-8-22(40(4,36)37)13-18(3)14-25(28(34)35)31-27(33)26-23(29)15-19(16-24(26)30)11-12-39(38-6-2)21-10-7-9-20(32)17-21/h5,7-10,13,15-17,25,32H,1,6,11-12,14H2,2-4H3,(H,31,33)(H,34,35)/b18-13+,22-8+. The van der Waals surface area contributed by atoms with Crippen molar-refractivity contribution in [2.45, 2.75) is 32.7 Å². The summed E-state index contributed by atoms with van der Waals surface area (Å²) in [4.78, 5) is 24.9. The summed E-state index contributed by atoms with van der Waals surface area (Å²) in [5, 5.41) is 22.9.